The molecule has 1 aromatic carbocycles. The molecule has 0 aliphatic carbocycles. The highest BCUT2D eigenvalue weighted by atomic mass is 14.0. The lowest BCUT2D eigenvalue weighted by atomic mass is 10.00. The van der Waals surface area contributed by atoms with Gasteiger partial charge in [0.2, 0.25) is 0 Å². The Labute approximate surface area is 143 Å². The van der Waals surface area contributed by atoms with Gasteiger partial charge in [-0.05, 0) is 58.4 Å². The lowest BCUT2D eigenvalue weighted by Gasteiger charge is -2.05. The molecule has 0 aliphatic heterocycles. The van der Waals surface area contributed by atoms with Crippen LogP contribution in [0.5, 0.6) is 0 Å². The van der Waals surface area contributed by atoms with Crippen LogP contribution in [0.3, 0.4) is 0 Å². The molecule has 124 valence electrons. The van der Waals surface area contributed by atoms with Crippen molar-refractivity contribution in [2.24, 2.45) is 0 Å². The van der Waals surface area contributed by atoms with Crippen LogP contribution >= 0.6 is 0 Å². The second kappa shape index (κ2) is 10.8. The summed E-state index contributed by atoms with van der Waals surface area (Å²) in [5.74, 6) is 0.459. The van der Waals surface area contributed by atoms with Crippen LogP contribution in [0.1, 0.15) is 65.4 Å². The van der Waals surface area contributed by atoms with Crippen LogP contribution in [-0.2, 0) is 0 Å². The maximum atomic E-state index is 2.34. The SMILES string of the molecule is CC(C)=CCCC(C)=CCC=C(C)C=CC(C)c1ccccc1. The molecule has 1 rings (SSSR count). The lowest BCUT2D eigenvalue weighted by Crippen LogP contribution is -1.87. The Morgan fingerprint density at radius 3 is 2.30 bits per heavy atom. The minimum absolute atomic E-state index is 0.459. The highest BCUT2D eigenvalue weighted by molar-refractivity contribution is 5.26. The molecule has 0 spiro atoms. The van der Waals surface area contributed by atoms with E-state index in [-0.39, 0.29) is 0 Å². The van der Waals surface area contributed by atoms with Crippen LogP contribution in [0, 0.1) is 0 Å². The van der Waals surface area contributed by atoms with Gasteiger partial charge >= 0.3 is 0 Å². The van der Waals surface area contributed by atoms with Gasteiger partial charge < -0.3 is 0 Å². The van der Waals surface area contributed by atoms with E-state index >= 15 is 0 Å². The molecule has 1 unspecified atom stereocenters. The number of hydrogen-bond acceptors (Lipinski definition) is 0. The fourth-order valence-electron chi connectivity index (χ4n) is 2.37. The van der Waals surface area contributed by atoms with E-state index in [2.05, 4.69) is 95.3 Å². The molecule has 0 aliphatic rings. The molecule has 0 nitrogen and oxygen atoms in total. The van der Waals surface area contributed by atoms with Gasteiger partial charge in [0.15, 0.2) is 0 Å². The molecule has 1 aromatic rings. The predicted octanol–water partition coefficient (Wildman–Crippen LogP) is 7.38. The Balaban J connectivity index is 2.44. The maximum Gasteiger partial charge on any atom is -0.000723 e. The van der Waals surface area contributed by atoms with Crippen LogP contribution in [0.2, 0.25) is 0 Å². The molecule has 23 heavy (non-hydrogen) atoms. The van der Waals surface area contributed by atoms with Crippen molar-refractivity contribution in [3.8, 4) is 0 Å². The fourth-order valence-corrected chi connectivity index (χ4v) is 2.37. The molecule has 0 saturated heterocycles. The third-order valence-electron chi connectivity index (χ3n) is 3.97. The van der Waals surface area contributed by atoms with Crippen LogP contribution in [0.4, 0.5) is 0 Å². The minimum atomic E-state index is 0.459. The molecular weight excluding hydrogens is 276 g/mol. The normalized spacial score (nSPS) is 14.1. The summed E-state index contributed by atoms with van der Waals surface area (Å²) in [6, 6.07) is 10.6. The first-order chi connectivity index (χ1) is 11.0. The van der Waals surface area contributed by atoms with Crippen molar-refractivity contribution >= 4 is 0 Å². The average Bonchev–Trinajstić information content (AvgIpc) is 2.53. The Morgan fingerprint density at radius 2 is 1.65 bits per heavy atom. The highest BCUT2D eigenvalue weighted by Gasteiger charge is 1.98. The van der Waals surface area contributed by atoms with Gasteiger partial charge in [0.25, 0.3) is 0 Å². The summed E-state index contributed by atoms with van der Waals surface area (Å²) in [4.78, 5) is 0. The van der Waals surface area contributed by atoms with Crippen molar-refractivity contribution in [1.82, 2.24) is 0 Å². The number of rotatable bonds is 8. The van der Waals surface area contributed by atoms with E-state index in [9.17, 15) is 0 Å². The molecule has 0 heterocycles. The first-order valence-electron chi connectivity index (χ1n) is 8.68. The van der Waals surface area contributed by atoms with Gasteiger partial charge in [-0.3, -0.25) is 0 Å². The third kappa shape index (κ3) is 9.03. The van der Waals surface area contributed by atoms with Gasteiger partial charge in [0.1, 0.15) is 0 Å². The van der Waals surface area contributed by atoms with Crippen LogP contribution in [-0.4, -0.2) is 0 Å². The summed E-state index contributed by atoms with van der Waals surface area (Å²) in [5, 5.41) is 0. The molecule has 0 radical (unpaired) electrons. The smallest absolute Gasteiger partial charge is 0.000723 e. The van der Waals surface area contributed by atoms with E-state index in [1.807, 2.05) is 0 Å². The third-order valence-corrected chi connectivity index (χ3v) is 3.97. The molecule has 0 N–H and O–H groups in total. The summed E-state index contributed by atoms with van der Waals surface area (Å²) in [5.41, 5.74) is 5.59. The maximum absolute atomic E-state index is 2.34. The minimum Gasteiger partial charge on any atom is -0.0856 e. The van der Waals surface area contributed by atoms with Crippen molar-refractivity contribution in [2.45, 2.75) is 59.8 Å². The molecule has 0 fully saturated rings. The largest absolute Gasteiger partial charge is 0.0856 e. The van der Waals surface area contributed by atoms with Crippen molar-refractivity contribution in [1.29, 1.82) is 0 Å². The van der Waals surface area contributed by atoms with E-state index in [4.69, 9.17) is 0 Å². The summed E-state index contributed by atoms with van der Waals surface area (Å²) < 4.78 is 0. The molecule has 0 bridgehead atoms. The fraction of sp³-hybridized carbons (Fsp3) is 0.391. The Hall–Kier alpha value is -1.82. The molecule has 0 aromatic heterocycles. The summed E-state index contributed by atoms with van der Waals surface area (Å²) in [6.07, 6.45) is 14.8. The van der Waals surface area contributed by atoms with Gasteiger partial charge in [-0.15, -0.1) is 0 Å². The van der Waals surface area contributed by atoms with Crippen molar-refractivity contribution in [3.63, 3.8) is 0 Å². The summed E-state index contributed by atoms with van der Waals surface area (Å²) in [7, 11) is 0. The quantitative estimate of drug-likeness (QED) is 0.347. The molecule has 0 saturated carbocycles. The molecule has 1 atom stereocenters. The van der Waals surface area contributed by atoms with Crippen molar-refractivity contribution in [3.05, 3.63) is 83.0 Å². The first kappa shape index (κ1) is 19.2. The average molecular weight is 309 g/mol. The Kier molecular flexibility index (Phi) is 9.05. The second-order valence-electron chi connectivity index (χ2n) is 6.61. The standard InChI is InChI=1S/C23H32/c1-19(2)11-9-12-20(3)13-10-14-21(4)17-18-22(5)23-15-7-6-8-16-23/h6-8,11,13-18,22H,9-10,12H2,1-5H3. The van der Waals surface area contributed by atoms with Gasteiger partial charge in [-0.2, -0.15) is 0 Å². The van der Waals surface area contributed by atoms with E-state index < -0.39 is 0 Å². The summed E-state index contributed by atoms with van der Waals surface area (Å²) in [6.45, 7) is 11.0. The van der Waals surface area contributed by atoms with E-state index in [0.29, 0.717) is 5.92 Å². The van der Waals surface area contributed by atoms with Crippen LogP contribution in [0.15, 0.2) is 77.4 Å². The second-order valence-corrected chi connectivity index (χ2v) is 6.61. The lowest BCUT2D eigenvalue weighted by molar-refractivity contribution is 0.957. The van der Waals surface area contributed by atoms with E-state index in [1.54, 1.807) is 0 Å². The summed E-state index contributed by atoms with van der Waals surface area (Å²) >= 11 is 0. The van der Waals surface area contributed by atoms with Gasteiger partial charge in [0.05, 0.1) is 0 Å². The Morgan fingerprint density at radius 1 is 0.957 bits per heavy atom. The number of allylic oxidation sites excluding steroid dienone is 8. The van der Waals surface area contributed by atoms with E-state index in [0.717, 1.165) is 12.8 Å². The van der Waals surface area contributed by atoms with Gasteiger partial charge in [-0.1, -0.05) is 84.4 Å². The van der Waals surface area contributed by atoms with Crippen molar-refractivity contribution < 1.29 is 0 Å². The van der Waals surface area contributed by atoms with Crippen LogP contribution < -0.4 is 0 Å². The van der Waals surface area contributed by atoms with Gasteiger partial charge in [-0.25, -0.2) is 0 Å². The van der Waals surface area contributed by atoms with E-state index in [1.165, 1.54) is 28.7 Å². The predicted molar refractivity (Wildman–Crippen MR) is 105 cm³/mol. The number of hydrogen-bond donors (Lipinski definition) is 0. The zero-order valence-electron chi connectivity index (χ0n) is 15.5. The monoisotopic (exact) mass is 308 g/mol. The number of benzene rings is 1. The van der Waals surface area contributed by atoms with Gasteiger partial charge in [0, 0.05) is 0 Å². The van der Waals surface area contributed by atoms with Crippen molar-refractivity contribution in [2.75, 3.05) is 0 Å². The zero-order valence-corrected chi connectivity index (χ0v) is 15.5. The zero-order chi connectivity index (χ0) is 17.1. The Bertz CT molecular complexity index is 563. The molecule has 0 heteroatoms. The molecule has 0 amide bonds. The highest BCUT2D eigenvalue weighted by Crippen LogP contribution is 2.17. The topological polar surface area (TPSA) is 0 Å². The molecular formula is C23H32. The first-order valence-corrected chi connectivity index (χ1v) is 8.68. The van der Waals surface area contributed by atoms with Crippen LogP contribution in [0.25, 0.3) is 0 Å².